The van der Waals surface area contributed by atoms with Crippen molar-refractivity contribution in [2.24, 2.45) is 23.7 Å². The summed E-state index contributed by atoms with van der Waals surface area (Å²) in [5, 5.41) is 42.3. The SMILES string of the molecule is C=C1C(O)C2C3C(CCC2(C)O)C(C)CC(O)C13O. The lowest BCUT2D eigenvalue weighted by Crippen LogP contribution is -2.60. The zero-order valence-corrected chi connectivity index (χ0v) is 11.6. The second-order valence-corrected chi connectivity index (χ2v) is 7.14. The summed E-state index contributed by atoms with van der Waals surface area (Å²) < 4.78 is 0. The van der Waals surface area contributed by atoms with Crippen molar-refractivity contribution in [1.82, 2.24) is 0 Å². The van der Waals surface area contributed by atoms with E-state index in [4.69, 9.17) is 0 Å². The Kier molecular flexibility index (Phi) is 2.72. The van der Waals surface area contributed by atoms with E-state index in [1.165, 1.54) is 0 Å². The molecule has 0 heterocycles. The zero-order chi connectivity index (χ0) is 14.2. The van der Waals surface area contributed by atoms with Gasteiger partial charge in [0.15, 0.2) is 0 Å². The molecule has 0 aromatic heterocycles. The zero-order valence-electron chi connectivity index (χ0n) is 11.6. The topological polar surface area (TPSA) is 80.9 Å². The molecule has 4 nitrogen and oxygen atoms in total. The number of hydrogen-bond donors (Lipinski definition) is 4. The van der Waals surface area contributed by atoms with E-state index in [0.29, 0.717) is 12.8 Å². The van der Waals surface area contributed by atoms with Crippen molar-refractivity contribution in [2.45, 2.75) is 56.5 Å². The Labute approximate surface area is 113 Å². The molecule has 0 aromatic carbocycles. The van der Waals surface area contributed by atoms with Crippen LogP contribution in [0, 0.1) is 23.7 Å². The van der Waals surface area contributed by atoms with Crippen LogP contribution in [-0.2, 0) is 0 Å². The van der Waals surface area contributed by atoms with Gasteiger partial charge in [-0.05, 0) is 43.6 Å². The largest absolute Gasteiger partial charge is 0.390 e. The second-order valence-electron chi connectivity index (χ2n) is 7.14. The third-order valence-corrected chi connectivity index (χ3v) is 6.10. The minimum Gasteiger partial charge on any atom is -0.390 e. The Bertz CT molecular complexity index is 418. The smallest absolute Gasteiger partial charge is 0.117 e. The van der Waals surface area contributed by atoms with Gasteiger partial charge in [0.1, 0.15) is 5.60 Å². The molecule has 4 heteroatoms. The summed E-state index contributed by atoms with van der Waals surface area (Å²) in [5.74, 6) is -0.205. The Balaban J connectivity index is 2.13. The average molecular weight is 268 g/mol. The minimum atomic E-state index is -1.44. The standard InChI is InChI=1S/C15H24O4/c1-7-6-10(16)15(19)8(2)13(17)12-11(15)9(7)4-5-14(12,3)18/h7,9-13,16-19H,2,4-6H2,1,3H3. The second kappa shape index (κ2) is 3.82. The fourth-order valence-corrected chi connectivity index (χ4v) is 5.04. The van der Waals surface area contributed by atoms with E-state index in [0.717, 1.165) is 6.42 Å². The van der Waals surface area contributed by atoms with Crippen molar-refractivity contribution in [2.75, 3.05) is 0 Å². The van der Waals surface area contributed by atoms with E-state index >= 15 is 0 Å². The Morgan fingerprint density at radius 3 is 2.47 bits per heavy atom. The van der Waals surface area contributed by atoms with Gasteiger partial charge in [0.05, 0.1) is 17.8 Å². The van der Waals surface area contributed by atoms with E-state index < -0.39 is 29.3 Å². The molecule has 3 aliphatic carbocycles. The van der Waals surface area contributed by atoms with Gasteiger partial charge in [-0.25, -0.2) is 0 Å². The normalized spacial score (nSPS) is 61.1. The maximum Gasteiger partial charge on any atom is 0.117 e. The van der Waals surface area contributed by atoms with Gasteiger partial charge < -0.3 is 20.4 Å². The molecule has 8 atom stereocenters. The third-order valence-electron chi connectivity index (χ3n) is 6.10. The van der Waals surface area contributed by atoms with Crippen molar-refractivity contribution in [3.63, 3.8) is 0 Å². The van der Waals surface area contributed by atoms with Crippen molar-refractivity contribution < 1.29 is 20.4 Å². The molecule has 3 fully saturated rings. The highest BCUT2D eigenvalue weighted by molar-refractivity contribution is 5.35. The maximum absolute atomic E-state index is 11.0. The Hall–Kier alpha value is -0.420. The summed E-state index contributed by atoms with van der Waals surface area (Å²) in [6.45, 7) is 7.63. The van der Waals surface area contributed by atoms with Crippen LogP contribution in [-0.4, -0.2) is 43.8 Å². The minimum absolute atomic E-state index is 0.229. The lowest BCUT2D eigenvalue weighted by Gasteiger charge is -2.54. The van der Waals surface area contributed by atoms with Gasteiger partial charge in [-0.1, -0.05) is 13.5 Å². The van der Waals surface area contributed by atoms with Gasteiger partial charge in [0, 0.05) is 11.8 Å². The fraction of sp³-hybridized carbons (Fsp3) is 0.867. The van der Waals surface area contributed by atoms with E-state index in [1.54, 1.807) is 6.92 Å². The van der Waals surface area contributed by atoms with E-state index in [9.17, 15) is 20.4 Å². The molecule has 3 rings (SSSR count). The van der Waals surface area contributed by atoms with Crippen LogP contribution in [0.2, 0.25) is 0 Å². The maximum atomic E-state index is 11.0. The van der Waals surface area contributed by atoms with Crippen LogP contribution in [0.3, 0.4) is 0 Å². The summed E-state index contributed by atoms with van der Waals surface area (Å²) in [7, 11) is 0. The molecule has 0 spiro atoms. The molecule has 0 amide bonds. The summed E-state index contributed by atoms with van der Waals surface area (Å²) >= 11 is 0. The molecule has 0 radical (unpaired) electrons. The van der Waals surface area contributed by atoms with Crippen LogP contribution in [0.15, 0.2) is 12.2 Å². The predicted molar refractivity (Wildman–Crippen MR) is 70.2 cm³/mol. The number of hydrogen-bond acceptors (Lipinski definition) is 4. The average Bonchev–Trinajstić information content (AvgIpc) is 2.52. The van der Waals surface area contributed by atoms with E-state index in [2.05, 4.69) is 13.5 Å². The molecular formula is C15H24O4. The molecule has 0 aromatic rings. The van der Waals surface area contributed by atoms with E-state index in [-0.39, 0.29) is 23.3 Å². The van der Waals surface area contributed by atoms with Crippen molar-refractivity contribution in [3.8, 4) is 0 Å². The highest BCUT2D eigenvalue weighted by Crippen LogP contribution is 2.62. The molecule has 0 aliphatic heterocycles. The van der Waals surface area contributed by atoms with Gasteiger partial charge in [-0.15, -0.1) is 0 Å². The Morgan fingerprint density at radius 2 is 1.84 bits per heavy atom. The summed E-state index contributed by atoms with van der Waals surface area (Å²) in [5.41, 5.74) is -2.16. The number of rotatable bonds is 0. The first kappa shape index (κ1) is 13.6. The van der Waals surface area contributed by atoms with Gasteiger partial charge in [0.25, 0.3) is 0 Å². The quantitative estimate of drug-likeness (QED) is 0.481. The third kappa shape index (κ3) is 1.49. The molecular weight excluding hydrogens is 244 g/mol. The first-order valence-electron chi connectivity index (χ1n) is 7.21. The molecule has 19 heavy (non-hydrogen) atoms. The van der Waals surface area contributed by atoms with Crippen molar-refractivity contribution in [3.05, 3.63) is 12.2 Å². The van der Waals surface area contributed by atoms with Crippen LogP contribution < -0.4 is 0 Å². The molecule has 3 aliphatic rings. The molecule has 108 valence electrons. The summed E-state index contributed by atoms with van der Waals surface area (Å²) in [6, 6.07) is 0. The van der Waals surface area contributed by atoms with Gasteiger partial charge >= 0.3 is 0 Å². The van der Waals surface area contributed by atoms with Gasteiger partial charge in [-0.3, -0.25) is 0 Å². The van der Waals surface area contributed by atoms with Crippen LogP contribution in [0.5, 0.6) is 0 Å². The predicted octanol–water partition coefficient (Wildman–Crippen LogP) is 0.442. The highest BCUT2D eigenvalue weighted by Gasteiger charge is 2.68. The van der Waals surface area contributed by atoms with Gasteiger partial charge in [0.2, 0.25) is 0 Å². The van der Waals surface area contributed by atoms with Crippen molar-refractivity contribution >= 4 is 0 Å². The summed E-state index contributed by atoms with van der Waals surface area (Å²) in [4.78, 5) is 0. The van der Waals surface area contributed by atoms with Crippen molar-refractivity contribution in [1.29, 1.82) is 0 Å². The fourth-order valence-electron chi connectivity index (χ4n) is 5.04. The first-order valence-corrected chi connectivity index (χ1v) is 7.21. The number of aliphatic hydroxyl groups excluding tert-OH is 2. The summed E-state index contributed by atoms with van der Waals surface area (Å²) in [6.07, 6.45) is 0.139. The molecule has 0 saturated heterocycles. The van der Waals surface area contributed by atoms with Crippen LogP contribution in [0.25, 0.3) is 0 Å². The molecule has 4 N–H and O–H groups in total. The monoisotopic (exact) mass is 268 g/mol. The van der Waals surface area contributed by atoms with Gasteiger partial charge in [-0.2, -0.15) is 0 Å². The van der Waals surface area contributed by atoms with Crippen LogP contribution >= 0.6 is 0 Å². The Morgan fingerprint density at radius 1 is 1.21 bits per heavy atom. The lowest BCUT2D eigenvalue weighted by molar-refractivity contribution is -0.190. The van der Waals surface area contributed by atoms with Crippen LogP contribution in [0.1, 0.15) is 33.1 Å². The van der Waals surface area contributed by atoms with E-state index in [1.807, 2.05) is 0 Å². The molecule has 8 unspecified atom stereocenters. The number of aliphatic hydroxyl groups is 4. The lowest BCUT2D eigenvalue weighted by atomic mass is 9.55. The first-order chi connectivity index (χ1) is 8.71. The molecule has 3 saturated carbocycles. The van der Waals surface area contributed by atoms with Crippen LogP contribution in [0.4, 0.5) is 0 Å². The highest BCUT2D eigenvalue weighted by atomic mass is 16.4. The molecule has 0 bridgehead atoms.